The van der Waals surface area contributed by atoms with Crippen molar-refractivity contribution in [3.8, 4) is 5.69 Å². The average molecular weight is 676 g/mol. The number of aromatic nitrogens is 4. The Kier molecular flexibility index (Phi) is 11.5. The van der Waals surface area contributed by atoms with Crippen LogP contribution < -0.4 is 16.0 Å². The summed E-state index contributed by atoms with van der Waals surface area (Å²) < 4.78 is 13.7. The van der Waals surface area contributed by atoms with Crippen molar-refractivity contribution in [1.82, 2.24) is 29.7 Å². The Balaban J connectivity index is 1.48. The van der Waals surface area contributed by atoms with Crippen LogP contribution in [0.25, 0.3) is 10.5 Å². The molecule has 4 heterocycles. The Hall–Kier alpha value is -4.48. The molecule has 258 valence electrons. The highest BCUT2D eigenvalue weighted by molar-refractivity contribution is 6.74. The highest BCUT2D eigenvalue weighted by Crippen LogP contribution is 2.36. The summed E-state index contributed by atoms with van der Waals surface area (Å²) in [4.78, 5) is 43.8. The van der Waals surface area contributed by atoms with E-state index in [1.165, 1.54) is 12.4 Å². The molecule has 0 spiro atoms. The van der Waals surface area contributed by atoms with E-state index < -0.39 is 13.9 Å². The Morgan fingerprint density at radius 1 is 1.08 bits per heavy atom. The number of pyridine rings is 1. The van der Waals surface area contributed by atoms with Crippen LogP contribution in [0, 0.1) is 12.5 Å². The van der Waals surface area contributed by atoms with Crippen LogP contribution >= 0.6 is 0 Å². The number of amides is 2. The molecule has 48 heavy (non-hydrogen) atoms. The predicted octanol–water partition coefficient (Wildman–Crippen LogP) is 6.77. The highest BCUT2D eigenvalue weighted by atomic mass is 28.4. The molecule has 13 nitrogen and oxygen atoms in total. The molecule has 1 atom stereocenters. The summed E-state index contributed by atoms with van der Waals surface area (Å²) in [5.41, 5.74) is 1.49. The molecular weight excluding hydrogens is 627 g/mol. The van der Waals surface area contributed by atoms with Crippen LogP contribution in [0.4, 0.5) is 27.9 Å². The number of anilines is 3. The molecule has 1 aliphatic heterocycles. The Morgan fingerprint density at radius 3 is 2.50 bits per heavy atom. The molecule has 1 aliphatic rings. The first kappa shape index (κ1) is 36.4. The lowest BCUT2D eigenvalue weighted by atomic mass is 9.98. The number of nitrogens with one attached hydrogen (secondary N) is 3. The van der Waals surface area contributed by atoms with Gasteiger partial charge in [0, 0.05) is 44.6 Å². The number of hydrogen-bond acceptors (Lipinski definition) is 9. The van der Waals surface area contributed by atoms with Gasteiger partial charge in [-0.3, -0.25) is 4.79 Å². The molecule has 0 bridgehead atoms. The third-order valence-corrected chi connectivity index (χ3v) is 13.1. The van der Waals surface area contributed by atoms with Gasteiger partial charge in [0.05, 0.1) is 35.9 Å². The quantitative estimate of drug-likeness (QED) is 0.114. The topological polar surface area (TPSA) is 140 Å². The Labute approximate surface area is 284 Å². The van der Waals surface area contributed by atoms with Crippen molar-refractivity contribution in [1.29, 1.82) is 0 Å². The van der Waals surface area contributed by atoms with E-state index in [1.54, 1.807) is 23.4 Å². The standard InChI is InChI=1S/C34H49N9O4Si/c1-33(2,3)47-32(45)43-14-10-11-24(22-43)18-37-26-17-28(41-30-21-39-29(35-7)20-40-30)38-19-27(26)42-15-12-25(23-42)31(44)36-13-16-46-48(8,9)34(4,5)6/h12,15,17,19-21,23-24H,10-11,13-14,16,18,22H2,1-6,8-9H3,(H,36,44)(H2,37,38,40,41). The maximum absolute atomic E-state index is 13.0. The van der Waals surface area contributed by atoms with Gasteiger partial charge in [0.25, 0.3) is 11.7 Å². The SMILES string of the molecule is [C-]#[N+]c1cnc(Nc2cc(NCC3CCCN(C(=O)OC(C)(C)C)C3)c(-n3ccc(C(=O)NCCO[Si](C)(C)C(C)(C)C)c3)cn2)cn1. The van der Waals surface area contributed by atoms with Crippen LogP contribution in [-0.2, 0) is 9.16 Å². The van der Waals surface area contributed by atoms with Gasteiger partial charge in [0.15, 0.2) is 20.3 Å². The van der Waals surface area contributed by atoms with Gasteiger partial charge < -0.3 is 39.4 Å². The molecule has 0 radical (unpaired) electrons. The van der Waals surface area contributed by atoms with Crippen LogP contribution in [0.2, 0.25) is 18.1 Å². The van der Waals surface area contributed by atoms with E-state index in [2.05, 4.69) is 69.6 Å². The minimum absolute atomic E-state index is 0.101. The lowest BCUT2D eigenvalue weighted by Gasteiger charge is -2.36. The van der Waals surface area contributed by atoms with Crippen molar-refractivity contribution in [3.05, 3.63) is 60.1 Å². The lowest BCUT2D eigenvalue weighted by Crippen LogP contribution is -2.44. The second kappa shape index (κ2) is 15.2. The highest BCUT2D eigenvalue weighted by Gasteiger charge is 2.37. The minimum Gasteiger partial charge on any atom is -0.444 e. The van der Waals surface area contributed by atoms with Gasteiger partial charge in [0.1, 0.15) is 11.4 Å². The Bertz CT molecular complexity index is 1600. The number of ether oxygens (including phenoxy) is 1. The van der Waals surface area contributed by atoms with Crippen LogP contribution in [-0.4, -0.2) is 83.1 Å². The van der Waals surface area contributed by atoms with Gasteiger partial charge in [-0.05, 0) is 63.7 Å². The molecule has 1 unspecified atom stereocenters. The van der Waals surface area contributed by atoms with E-state index in [9.17, 15) is 9.59 Å². The number of carbonyl (C=O) groups excluding carboxylic acids is 2. The fourth-order valence-corrected chi connectivity index (χ4v) is 5.93. The van der Waals surface area contributed by atoms with Crippen molar-refractivity contribution in [2.45, 2.75) is 78.1 Å². The van der Waals surface area contributed by atoms with Crippen LogP contribution in [0.5, 0.6) is 0 Å². The molecule has 3 aromatic rings. The summed E-state index contributed by atoms with van der Waals surface area (Å²) in [5.74, 6) is 1.20. The first-order chi connectivity index (χ1) is 22.5. The summed E-state index contributed by atoms with van der Waals surface area (Å²) >= 11 is 0. The predicted molar refractivity (Wildman–Crippen MR) is 190 cm³/mol. The third kappa shape index (κ3) is 10.0. The fourth-order valence-electron chi connectivity index (χ4n) is 4.89. The zero-order valence-electron chi connectivity index (χ0n) is 29.4. The summed E-state index contributed by atoms with van der Waals surface area (Å²) in [6.45, 7) is 26.4. The second-order valence-electron chi connectivity index (χ2n) is 14.6. The molecule has 0 aliphatic carbocycles. The smallest absolute Gasteiger partial charge is 0.410 e. The largest absolute Gasteiger partial charge is 0.444 e. The molecule has 1 saturated heterocycles. The molecule has 2 amide bonds. The molecule has 3 aromatic heterocycles. The van der Waals surface area contributed by atoms with E-state index >= 15 is 0 Å². The number of likely N-dealkylation sites (tertiary alicyclic amines) is 1. The molecule has 3 N–H and O–H groups in total. The lowest BCUT2D eigenvalue weighted by molar-refractivity contribution is 0.0172. The maximum Gasteiger partial charge on any atom is 0.410 e. The zero-order valence-corrected chi connectivity index (χ0v) is 30.4. The monoisotopic (exact) mass is 675 g/mol. The molecule has 14 heteroatoms. The van der Waals surface area contributed by atoms with Crippen molar-refractivity contribution < 1.29 is 18.8 Å². The third-order valence-electron chi connectivity index (χ3n) is 8.53. The normalized spacial score (nSPS) is 15.4. The van der Waals surface area contributed by atoms with Gasteiger partial charge in [-0.1, -0.05) is 27.3 Å². The number of piperidine rings is 1. The number of hydrogen-bond donors (Lipinski definition) is 3. The summed E-state index contributed by atoms with van der Waals surface area (Å²) in [6.07, 6.45) is 9.76. The van der Waals surface area contributed by atoms with Crippen LogP contribution in [0.1, 0.15) is 64.7 Å². The summed E-state index contributed by atoms with van der Waals surface area (Å²) in [5, 5.41) is 9.79. The van der Waals surface area contributed by atoms with Gasteiger partial charge in [-0.2, -0.15) is 0 Å². The number of nitrogens with zero attached hydrogens (tertiary/aromatic N) is 6. The van der Waals surface area contributed by atoms with Gasteiger partial charge in [-0.25, -0.2) is 14.8 Å². The first-order valence-corrected chi connectivity index (χ1v) is 19.2. The van der Waals surface area contributed by atoms with Gasteiger partial charge >= 0.3 is 6.09 Å². The first-order valence-electron chi connectivity index (χ1n) is 16.3. The zero-order chi connectivity index (χ0) is 35.1. The Morgan fingerprint density at radius 2 is 1.83 bits per heavy atom. The average Bonchev–Trinajstić information content (AvgIpc) is 3.52. The van der Waals surface area contributed by atoms with Crippen LogP contribution in [0.3, 0.4) is 0 Å². The van der Waals surface area contributed by atoms with Crippen LogP contribution in [0.15, 0.2) is 43.1 Å². The van der Waals surface area contributed by atoms with Crippen molar-refractivity contribution in [2.75, 3.05) is 43.4 Å². The molecule has 0 saturated carbocycles. The van der Waals surface area contributed by atoms with E-state index in [0.29, 0.717) is 50.0 Å². The molecule has 1 fully saturated rings. The van der Waals surface area contributed by atoms with Gasteiger partial charge in [0.2, 0.25) is 0 Å². The second-order valence-corrected chi connectivity index (χ2v) is 19.4. The molecular formula is C34H49N9O4Si. The van der Waals surface area contributed by atoms with Crippen molar-refractivity contribution in [2.24, 2.45) is 5.92 Å². The van der Waals surface area contributed by atoms with Crippen molar-refractivity contribution >= 4 is 43.5 Å². The minimum atomic E-state index is -1.90. The number of rotatable bonds is 11. The molecule has 0 aromatic carbocycles. The van der Waals surface area contributed by atoms with E-state index in [1.807, 2.05) is 37.6 Å². The number of carbonyl (C=O) groups is 2. The van der Waals surface area contributed by atoms with Crippen molar-refractivity contribution in [3.63, 3.8) is 0 Å². The summed E-state index contributed by atoms with van der Waals surface area (Å²) in [7, 11) is -1.90. The van der Waals surface area contributed by atoms with Gasteiger partial charge in [-0.15, -0.1) is 4.98 Å². The van der Waals surface area contributed by atoms with E-state index in [4.69, 9.17) is 15.7 Å². The fraction of sp³-hybridized carbons (Fsp3) is 0.529. The maximum atomic E-state index is 13.0. The molecule has 4 rings (SSSR count). The summed E-state index contributed by atoms with van der Waals surface area (Å²) in [6, 6.07) is 3.64. The van der Waals surface area contributed by atoms with E-state index in [-0.39, 0.29) is 28.8 Å². The van der Waals surface area contributed by atoms with E-state index in [0.717, 1.165) is 24.2 Å².